The van der Waals surface area contributed by atoms with Gasteiger partial charge in [0.1, 0.15) is 5.78 Å². The molecule has 62 valence electrons. The normalized spacial score (nSPS) is 11.4. The molecule has 0 aliphatic heterocycles. The summed E-state index contributed by atoms with van der Waals surface area (Å²) in [5.41, 5.74) is 0. The maximum atomic E-state index is 10.4. The standard InChI is InChI=1S/C6H10O3.Cu/c1-3-5(4(2)7)6(8)9;/h5H,3H2,1-2H3,(H,8,9);/q;+1/p-1. The number of carboxylic acids is 1. The molecule has 0 aliphatic carbocycles. The Hall–Kier alpha value is -0.341. The van der Waals surface area contributed by atoms with Crippen LogP contribution >= 0.6 is 0 Å². The first kappa shape index (κ1) is 12.3. The Morgan fingerprint density at radius 3 is 1.90 bits per heavy atom. The van der Waals surface area contributed by atoms with Crippen LogP contribution in [0.5, 0.6) is 0 Å². The van der Waals surface area contributed by atoms with Gasteiger partial charge in [-0.1, -0.05) is 6.92 Å². The number of hydrogen-bond donors (Lipinski definition) is 0. The van der Waals surface area contributed by atoms with Crippen LogP contribution in [0.25, 0.3) is 0 Å². The van der Waals surface area contributed by atoms with Gasteiger partial charge in [0.05, 0.1) is 11.9 Å². The molecule has 0 spiro atoms. The van der Waals surface area contributed by atoms with Crippen molar-refractivity contribution in [2.75, 3.05) is 0 Å². The molecule has 0 N–H and O–H groups in total. The van der Waals surface area contributed by atoms with Crippen molar-refractivity contribution >= 4 is 11.8 Å². The van der Waals surface area contributed by atoms with Gasteiger partial charge < -0.3 is 9.90 Å². The number of hydrogen-bond acceptors (Lipinski definition) is 3. The quantitative estimate of drug-likeness (QED) is 0.441. The fourth-order valence-electron chi connectivity index (χ4n) is 0.620. The van der Waals surface area contributed by atoms with Crippen LogP contribution in [0.3, 0.4) is 0 Å². The van der Waals surface area contributed by atoms with Crippen molar-refractivity contribution in [2.45, 2.75) is 20.3 Å². The molecule has 0 rings (SSSR count). The van der Waals surface area contributed by atoms with E-state index >= 15 is 0 Å². The van der Waals surface area contributed by atoms with E-state index in [1.807, 2.05) is 0 Å². The second kappa shape index (κ2) is 5.44. The summed E-state index contributed by atoms with van der Waals surface area (Å²) in [6, 6.07) is 0. The number of carbonyl (C=O) groups excluding carboxylic acids is 2. The van der Waals surface area contributed by atoms with Gasteiger partial charge in [0.25, 0.3) is 0 Å². The van der Waals surface area contributed by atoms with Gasteiger partial charge in [0, 0.05) is 0 Å². The third kappa shape index (κ3) is 3.64. The van der Waals surface area contributed by atoms with E-state index in [2.05, 4.69) is 0 Å². The Balaban J connectivity index is 0. The fourth-order valence-corrected chi connectivity index (χ4v) is 0.620. The summed E-state index contributed by atoms with van der Waals surface area (Å²) in [4.78, 5) is 20.4. The van der Waals surface area contributed by atoms with Gasteiger partial charge >= 0.3 is 17.1 Å². The first-order valence-corrected chi connectivity index (χ1v) is 2.81. The van der Waals surface area contributed by atoms with E-state index in [0.717, 1.165) is 0 Å². The predicted octanol–water partition coefficient (Wildman–Crippen LogP) is -0.651. The van der Waals surface area contributed by atoms with E-state index in [4.69, 9.17) is 0 Å². The van der Waals surface area contributed by atoms with Crippen LogP contribution in [0.1, 0.15) is 20.3 Å². The van der Waals surface area contributed by atoms with Crippen molar-refractivity contribution in [2.24, 2.45) is 5.92 Å². The molecule has 4 heteroatoms. The van der Waals surface area contributed by atoms with Gasteiger partial charge in [-0.15, -0.1) is 0 Å². The van der Waals surface area contributed by atoms with Crippen molar-refractivity contribution in [3.8, 4) is 0 Å². The number of ketones is 1. The molecule has 0 saturated heterocycles. The first-order valence-electron chi connectivity index (χ1n) is 2.81. The zero-order valence-corrected chi connectivity index (χ0v) is 6.75. The van der Waals surface area contributed by atoms with E-state index in [0.29, 0.717) is 6.42 Å². The molecule has 0 amide bonds. The molecule has 0 aromatic heterocycles. The van der Waals surface area contributed by atoms with Crippen LogP contribution in [-0.4, -0.2) is 11.8 Å². The number of Topliss-reactive ketones (excluding diaryl/α,β-unsaturated/α-hetero) is 1. The molecule has 1 atom stereocenters. The van der Waals surface area contributed by atoms with Gasteiger partial charge in [0.15, 0.2) is 0 Å². The van der Waals surface area contributed by atoms with Crippen molar-refractivity contribution in [3.05, 3.63) is 0 Å². The smallest absolute Gasteiger partial charge is 0.549 e. The molecule has 10 heavy (non-hydrogen) atoms. The maximum Gasteiger partial charge on any atom is 1.00 e. The van der Waals surface area contributed by atoms with Crippen molar-refractivity contribution < 1.29 is 31.8 Å². The van der Waals surface area contributed by atoms with E-state index in [9.17, 15) is 14.7 Å². The van der Waals surface area contributed by atoms with Gasteiger partial charge in [0.2, 0.25) is 0 Å². The topological polar surface area (TPSA) is 57.2 Å². The predicted molar refractivity (Wildman–Crippen MR) is 29.5 cm³/mol. The van der Waals surface area contributed by atoms with Crippen LogP contribution < -0.4 is 5.11 Å². The molecular weight excluding hydrogens is 184 g/mol. The molecule has 0 heterocycles. The fraction of sp³-hybridized carbons (Fsp3) is 0.667. The van der Waals surface area contributed by atoms with Crippen molar-refractivity contribution in [3.63, 3.8) is 0 Å². The average Bonchev–Trinajstić information content (AvgIpc) is 1.64. The monoisotopic (exact) mass is 192 g/mol. The van der Waals surface area contributed by atoms with Gasteiger partial charge in [-0.3, -0.25) is 4.79 Å². The molecular formula is C6H9CuO3. The van der Waals surface area contributed by atoms with Crippen LogP contribution in [0.15, 0.2) is 0 Å². The molecule has 0 bridgehead atoms. The SMILES string of the molecule is CCC(C(C)=O)C(=O)[O-].[Cu+]. The molecule has 0 saturated carbocycles. The Bertz CT molecular complexity index is 119. The number of rotatable bonds is 3. The summed E-state index contributed by atoms with van der Waals surface area (Å²) in [5, 5.41) is 10.0. The Morgan fingerprint density at radius 1 is 1.50 bits per heavy atom. The van der Waals surface area contributed by atoms with Gasteiger partial charge in [-0.25, -0.2) is 0 Å². The molecule has 0 radical (unpaired) electrons. The number of carbonyl (C=O) groups is 2. The molecule has 1 unspecified atom stereocenters. The van der Waals surface area contributed by atoms with Crippen LogP contribution in [0.4, 0.5) is 0 Å². The minimum atomic E-state index is -1.27. The molecule has 0 fully saturated rings. The Kier molecular flexibility index (Phi) is 6.72. The minimum absolute atomic E-state index is 0. The molecule has 0 aliphatic rings. The Morgan fingerprint density at radius 2 is 1.90 bits per heavy atom. The van der Waals surface area contributed by atoms with E-state index in [1.165, 1.54) is 6.92 Å². The summed E-state index contributed by atoms with van der Waals surface area (Å²) in [7, 11) is 0. The van der Waals surface area contributed by atoms with Crippen LogP contribution in [0, 0.1) is 5.92 Å². The summed E-state index contributed by atoms with van der Waals surface area (Å²) < 4.78 is 0. The summed E-state index contributed by atoms with van der Waals surface area (Å²) >= 11 is 0. The largest absolute Gasteiger partial charge is 1.00 e. The van der Waals surface area contributed by atoms with Gasteiger partial charge in [-0.2, -0.15) is 0 Å². The number of aliphatic carboxylic acids is 1. The van der Waals surface area contributed by atoms with E-state index in [1.54, 1.807) is 6.92 Å². The van der Waals surface area contributed by atoms with Crippen LogP contribution in [0.2, 0.25) is 0 Å². The molecule has 0 aromatic rings. The second-order valence-corrected chi connectivity index (χ2v) is 1.89. The Labute approximate surface area is 70.3 Å². The third-order valence-corrected chi connectivity index (χ3v) is 1.18. The average molecular weight is 193 g/mol. The summed E-state index contributed by atoms with van der Waals surface area (Å²) in [6.07, 6.45) is 0.317. The zero-order valence-electron chi connectivity index (χ0n) is 5.81. The van der Waals surface area contributed by atoms with Crippen LogP contribution in [-0.2, 0) is 26.7 Å². The minimum Gasteiger partial charge on any atom is -0.549 e. The second-order valence-electron chi connectivity index (χ2n) is 1.89. The summed E-state index contributed by atoms with van der Waals surface area (Å²) in [6.45, 7) is 2.89. The summed E-state index contributed by atoms with van der Waals surface area (Å²) in [5.74, 6) is -2.52. The van der Waals surface area contributed by atoms with E-state index in [-0.39, 0.29) is 22.9 Å². The van der Waals surface area contributed by atoms with E-state index < -0.39 is 11.9 Å². The maximum absolute atomic E-state index is 10.4. The zero-order chi connectivity index (χ0) is 7.44. The number of carboxylic acid groups (broad SMARTS) is 1. The first-order chi connectivity index (χ1) is 4.09. The molecule has 0 aromatic carbocycles. The van der Waals surface area contributed by atoms with Gasteiger partial charge in [-0.05, 0) is 13.3 Å². The third-order valence-electron chi connectivity index (χ3n) is 1.18. The van der Waals surface area contributed by atoms with Crippen molar-refractivity contribution in [1.82, 2.24) is 0 Å². The molecule has 3 nitrogen and oxygen atoms in total. The van der Waals surface area contributed by atoms with Crippen molar-refractivity contribution in [1.29, 1.82) is 0 Å².